The molecule has 0 radical (unpaired) electrons. The van der Waals surface area contributed by atoms with Crippen LogP contribution in [0.3, 0.4) is 0 Å². The molecule has 2 aromatic rings. The number of aryl methyl sites for hydroxylation is 1. The molecule has 0 aliphatic carbocycles. The molecule has 1 atom stereocenters. The third-order valence-corrected chi connectivity index (χ3v) is 6.23. The molecule has 0 bridgehead atoms. The number of imide groups is 1. The Balaban J connectivity index is 1.91. The molecule has 7 nitrogen and oxygen atoms in total. The van der Waals surface area contributed by atoms with Crippen molar-refractivity contribution < 1.29 is 29.0 Å². The van der Waals surface area contributed by atoms with E-state index in [0.717, 1.165) is 32.9 Å². The Morgan fingerprint density at radius 1 is 1.26 bits per heavy atom. The van der Waals surface area contributed by atoms with Gasteiger partial charge in [0.2, 0.25) is 11.8 Å². The molecule has 1 aromatic heterocycles. The average molecular weight is 405 g/mol. The molecule has 2 amide bonds. The number of benzene rings is 1. The van der Waals surface area contributed by atoms with Gasteiger partial charge in [0.25, 0.3) is 0 Å². The van der Waals surface area contributed by atoms with Crippen molar-refractivity contribution >= 4 is 51.9 Å². The Morgan fingerprint density at radius 2 is 1.96 bits per heavy atom. The number of methoxy groups -OCH3 is 1. The first kappa shape index (κ1) is 19.1. The quantitative estimate of drug-likeness (QED) is 0.603. The van der Waals surface area contributed by atoms with E-state index in [1.807, 2.05) is 0 Å². The number of carbonyl (C=O) groups excluding carboxylic acids is 3. The minimum atomic E-state index is -1.10. The van der Waals surface area contributed by atoms with E-state index < -0.39 is 29.0 Å². The van der Waals surface area contributed by atoms with Crippen molar-refractivity contribution in [3.63, 3.8) is 0 Å². The standard InChI is InChI=1S/C18H15NO6S2/c1-9-7-11(18(24)25-2)16(26-9)19-14(20)8-13(15(19)21)27-12-6-4-3-5-10(12)17(22)23/h3-7,13H,8H2,1-2H3,(H,22,23). The number of carbonyl (C=O) groups is 4. The Bertz CT molecular complexity index is 951. The Morgan fingerprint density at radius 3 is 2.63 bits per heavy atom. The first-order chi connectivity index (χ1) is 12.8. The summed E-state index contributed by atoms with van der Waals surface area (Å²) in [6.45, 7) is 1.76. The number of hydrogen-bond donors (Lipinski definition) is 1. The number of amides is 2. The lowest BCUT2D eigenvalue weighted by Crippen LogP contribution is -2.31. The number of ether oxygens (including phenoxy) is 1. The summed E-state index contributed by atoms with van der Waals surface area (Å²) < 4.78 is 4.73. The van der Waals surface area contributed by atoms with Gasteiger partial charge in [0.1, 0.15) is 5.00 Å². The van der Waals surface area contributed by atoms with E-state index in [9.17, 15) is 24.3 Å². The van der Waals surface area contributed by atoms with E-state index in [0.29, 0.717) is 4.90 Å². The number of esters is 1. The summed E-state index contributed by atoms with van der Waals surface area (Å²) in [5, 5.41) is 8.77. The van der Waals surface area contributed by atoms with Gasteiger partial charge in [-0.05, 0) is 25.1 Å². The van der Waals surface area contributed by atoms with Gasteiger partial charge in [-0.15, -0.1) is 23.1 Å². The molecular weight excluding hydrogens is 390 g/mol. The van der Waals surface area contributed by atoms with E-state index in [1.54, 1.807) is 31.2 Å². The van der Waals surface area contributed by atoms with Crippen molar-refractivity contribution in [2.24, 2.45) is 0 Å². The summed E-state index contributed by atoms with van der Waals surface area (Å²) in [6.07, 6.45) is -0.0744. The second-order valence-corrected chi connectivity index (χ2v) is 8.23. The molecule has 1 fully saturated rings. The van der Waals surface area contributed by atoms with E-state index in [1.165, 1.54) is 13.2 Å². The highest BCUT2D eigenvalue weighted by Crippen LogP contribution is 2.39. The third-order valence-electron chi connectivity index (χ3n) is 3.94. The minimum absolute atomic E-state index is 0.0726. The van der Waals surface area contributed by atoms with Crippen LogP contribution in [0.25, 0.3) is 0 Å². The largest absolute Gasteiger partial charge is 0.478 e. The number of carboxylic acid groups (broad SMARTS) is 1. The molecule has 9 heteroatoms. The van der Waals surface area contributed by atoms with Crippen molar-refractivity contribution in [1.29, 1.82) is 0 Å². The maximum atomic E-state index is 12.9. The number of thiophene rings is 1. The zero-order valence-electron chi connectivity index (χ0n) is 14.4. The molecule has 0 spiro atoms. The van der Waals surface area contributed by atoms with E-state index in [2.05, 4.69) is 0 Å². The van der Waals surface area contributed by atoms with Gasteiger partial charge in [-0.2, -0.15) is 0 Å². The fourth-order valence-corrected chi connectivity index (χ4v) is 4.93. The van der Waals surface area contributed by atoms with Gasteiger partial charge >= 0.3 is 11.9 Å². The van der Waals surface area contributed by atoms with Crippen molar-refractivity contribution in [3.8, 4) is 0 Å². The van der Waals surface area contributed by atoms with Gasteiger partial charge in [-0.3, -0.25) is 9.59 Å². The predicted molar refractivity (Wildman–Crippen MR) is 101 cm³/mol. The number of rotatable bonds is 5. The Kier molecular flexibility index (Phi) is 5.33. The number of nitrogens with zero attached hydrogens (tertiary/aromatic N) is 1. The van der Waals surface area contributed by atoms with Crippen LogP contribution in [0.15, 0.2) is 35.2 Å². The maximum Gasteiger partial charge on any atom is 0.340 e. The molecule has 1 saturated heterocycles. The lowest BCUT2D eigenvalue weighted by molar-refractivity contribution is -0.121. The van der Waals surface area contributed by atoms with Crippen LogP contribution in [0.1, 0.15) is 32.0 Å². The number of thioether (sulfide) groups is 1. The highest BCUT2D eigenvalue weighted by molar-refractivity contribution is 8.00. The van der Waals surface area contributed by atoms with Crippen LogP contribution in [0, 0.1) is 6.92 Å². The van der Waals surface area contributed by atoms with Gasteiger partial charge in [0.05, 0.1) is 23.5 Å². The molecular formula is C18H15NO6S2. The van der Waals surface area contributed by atoms with Gasteiger partial charge in [0.15, 0.2) is 0 Å². The number of aromatic carboxylic acids is 1. The van der Waals surface area contributed by atoms with Crippen molar-refractivity contribution in [2.75, 3.05) is 12.0 Å². The smallest absolute Gasteiger partial charge is 0.340 e. The third kappa shape index (κ3) is 3.60. The maximum absolute atomic E-state index is 12.9. The minimum Gasteiger partial charge on any atom is -0.478 e. The molecule has 140 valence electrons. The van der Waals surface area contributed by atoms with E-state index >= 15 is 0 Å². The summed E-state index contributed by atoms with van der Waals surface area (Å²) in [5.74, 6) is -2.63. The Labute approximate surface area is 162 Å². The SMILES string of the molecule is COC(=O)c1cc(C)sc1N1C(=O)CC(Sc2ccccc2C(=O)O)C1=O. The molecule has 2 heterocycles. The van der Waals surface area contributed by atoms with Crippen LogP contribution in [-0.4, -0.2) is 41.2 Å². The first-order valence-corrected chi connectivity index (χ1v) is 9.57. The summed E-state index contributed by atoms with van der Waals surface area (Å²) >= 11 is 2.20. The molecule has 27 heavy (non-hydrogen) atoms. The molecule has 1 aliphatic rings. The fraction of sp³-hybridized carbons (Fsp3) is 0.222. The Hall–Kier alpha value is -2.65. The van der Waals surface area contributed by atoms with Crippen LogP contribution >= 0.6 is 23.1 Å². The molecule has 1 aliphatic heterocycles. The summed E-state index contributed by atoms with van der Waals surface area (Å²) in [7, 11) is 1.23. The zero-order chi connectivity index (χ0) is 19.7. The average Bonchev–Trinajstić information content (AvgIpc) is 3.14. The van der Waals surface area contributed by atoms with Crippen LogP contribution in [0.2, 0.25) is 0 Å². The van der Waals surface area contributed by atoms with Crippen LogP contribution in [0.5, 0.6) is 0 Å². The van der Waals surface area contributed by atoms with Gasteiger partial charge in [-0.1, -0.05) is 12.1 Å². The number of carboxylic acids is 1. The summed E-state index contributed by atoms with van der Waals surface area (Å²) in [4.78, 5) is 50.9. The van der Waals surface area contributed by atoms with Crippen molar-refractivity contribution in [2.45, 2.75) is 23.5 Å². The van der Waals surface area contributed by atoms with Gasteiger partial charge in [0, 0.05) is 16.2 Å². The highest BCUT2D eigenvalue weighted by atomic mass is 32.2. The number of hydrogen-bond acceptors (Lipinski definition) is 7. The summed E-state index contributed by atoms with van der Waals surface area (Å²) in [6, 6.07) is 7.89. The zero-order valence-corrected chi connectivity index (χ0v) is 16.1. The molecule has 1 aromatic carbocycles. The van der Waals surface area contributed by atoms with Crippen molar-refractivity contribution in [3.05, 3.63) is 46.3 Å². The lowest BCUT2D eigenvalue weighted by Gasteiger charge is -2.15. The lowest BCUT2D eigenvalue weighted by atomic mass is 10.2. The van der Waals surface area contributed by atoms with Crippen molar-refractivity contribution in [1.82, 2.24) is 0 Å². The van der Waals surface area contributed by atoms with E-state index in [4.69, 9.17) is 4.74 Å². The van der Waals surface area contributed by atoms with Crippen LogP contribution < -0.4 is 4.90 Å². The predicted octanol–water partition coefficient (Wildman–Crippen LogP) is 2.97. The molecule has 1 unspecified atom stereocenters. The van der Waals surface area contributed by atoms with E-state index in [-0.39, 0.29) is 22.5 Å². The number of anilines is 1. The monoisotopic (exact) mass is 405 g/mol. The van der Waals surface area contributed by atoms with Crippen LogP contribution in [0.4, 0.5) is 5.00 Å². The first-order valence-electron chi connectivity index (χ1n) is 7.88. The second-order valence-electron chi connectivity index (χ2n) is 5.75. The normalized spacial score (nSPS) is 16.7. The topological polar surface area (TPSA) is 101 Å². The fourth-order valence-electron chi connectivity index (χ4n) is 2.73. The molecule has 1 N–H and O–H groups in total. The second kappa shape index (κ2) is 7.53. The summed E-state index contributed by atoms with van der Waals surface area (Å²) in [5.41, 5.74) is 0.238. The van der Waals surface area contributed by atoms with Gasteiger partial charge in [-0.25, -0.2) is 14.5 Å². The van der Waals surface area contributed by atoms with Gasteiger partial charge < -0.3 is 9.84 Å². The van der Waals surface area contributed by atoms with Crippen LogP contribution in [-0.2, 0) is 14.3 Å². The molecule has 3 rings (SSSR count). The highest BCUT2D eigenvalue weighted by Gasteiger charge is 2.43. The molecule has 0 saturated carbocycles.